The van der Waals surface area contributed by atoms with E-state index in [4.69, 9.17) is 16.3 Å². The zero-order valence-electron chi connectivity index (χ0n) is 10.8. The van der Waals surface area contributed by atoms with Crippen molar-refractivity contribution in [3.63, 3.8) is 0 Å². The molecule has 5 heteroatoms. The molecule has 3 nitrogen and oxygen atoms in total. The summed E-state index contributed by atoms with van der Waals surface area (Å²) in [4.78, 5) is 12.0. The minimum Gasteiger partial charge on any atom is -0.467 e. The number of ether oxygens (including phenoxy) is 1. The predicted molar refractivity (Wildman–Crippen MR) is 84.0 cm³/mol. The molecule has 0 aliphatic carbocycles. The molecule has 20 heavy (non-hydrogen) atoms. The van der Waals surface area contributed by atoms with E-state index >= 15 is 0 Å². The van der Waals surface area contributed by atoms with Crippen LogP contribution in [0.5, 0.6) is 0 Å². The first-order valence-corrected chi connectivity index (χ1v) is 7.13. The summed E-state index contributed by atoms with van der Waals surface area (Å²) in [6.45, 7) is 0. The van der Waals surface area contributed by atoms with Crippen molar-refractivity contribution in [3.05, 3.63) is 63.6 Å². The van der Waals surface area contributed by atoms with E-state index < -0.39 is 6.04 Å². The van der Waals surface area contributed by atoms with Crippen LogP contribution in [0.1, 0.15) is 11.6 Å². The first kappa shape index (κ1) is 14.9. The molecule has 1 atom stereocenters. The SMILES string of the molecule is COC(=O)C(Nc1ccccc1)c1ccc(Br)c(Cl)c1. The lowest BCUT2D eigenvalue weighted by Crippen LogP contribution is -2.22. The zero-order chi connectivity index (χ0) is 14.5. The molecule has 0 heterocycles. The molecule has 0 spiro atoms. The van der Waals surface area contributed by atoms with Gasteiger partial charge < -0.3 is 10.1 Å². The van der Waals surface area contributed by atoms with Gasteiger partial charge in [0.05, 0.1) is 12.1 Å². The van der Waals surface area contributed by atoms with Crippen molar-refractivity contribution >= 4 is 39.2 Å². The molecular formula is C15H13BrClNO2. The number of halogens is 2. The molecule has 0 saturated heterocycles. The van der Waals surface area contributed by atoms with Gasteiger partial charge in [-0.3, -0.25) is 0 Å². The molecule has 0 fully saturated rings. The lowest BCUT2D eigenvalue weighted by Gasteiger charge is -2.18. The Labute approximate surface area is 131 Å². The number of para-hydroxylation sites is 1. The van der Waals surface area contributed by atoms with Crippen LogP contribution >= 0.6 is 27.5 Å². The lowest BCUT2D eigenvalue weighted by molar-refractivity contribution is -0.141. The van der Waals surface area contributed by atoms with Crippen molar-refractivity contribution < 1.29 is 9.53 Å². The van der Waals surface area contributed by atoms with Gasteiger partial charge in [-0.2, -0.15) is 0 Å². The molecule has 2 aromatic carbocycles. The van der Waals surface area contributed by atoms with Crippen LogP contribution in [0.15, 0.2) is 53.0 Å². The Morgan fingerprint density at radius 2 is 1.95 bits per heavy atom. The Balaban J connectivity index is 2.32. The molecule has 0 bridgehead atoms. The molecule has 2 rings (SSSR count). The normalized spacial score (nSPS) is 11.8. The first-order valence-electron chi connectivity index (χ1n) is 5.96. The van der Waals surface area contributed by atoms with Gasteiger partial charge >= 0.3 is 5.97 Å². The summed E-state index contributed by atoms with van der Waals surface area (Å²) in [6, 6.07) is 14.2. The Bertz CT molecular complexity index is 604. The van der Waals surface area contributed by atoms with Crippen molar-refractivity contribution in [2.24, 2.45) is 0 Å². The third-order valence-corrected chi connectivity index (χ3v) is 4.03. The quantitative estimate of drug-likeness (QED) is 0.826. The second kappa shape index (κ2) is 6.77. The number of carbonyl (C=O) groups is 1. The van der Waals surface area contributed by atoms with E-state index in [0.29, 0.717) is 5.02 Å². The second-order valence-corrected chi connectivity index (χ2v) is 5.40. The van der Waals surface area contributed by atoms with E-state index in [1.807, 2.05) is 36.4 Å². The van der Waals surface area contributed by atoms with Gasteiger partial charge in [-0.25, -0.2) is 4.79 Å². The Morgan fingerprint density at radius 3 is 2.55 bits per heavy atom. The number of hydrogen-bond donors (Lipinski definition) is 1. The number of nitrogens with one attached hydrogen (secondary N) is 1. The predicted octanol–water partition coefficient (Wildman–Crippen LogP) is 4.43. The molecular weight excluding hydrogens is 342 g/mol. The van der Waals surface area contributed by atoms with Crippen molar-refractivity contribution in [1.29, 1.82) is 0 Å². The van der Waals surface area contributed by atoms with Crippen LogP contribution in [-0.2, 0) is 9.53 Å². The molecule has 0 radical (unpaired) electrons. The van der Waals surface area contributed by atoms with Gasteiger partial charge in [-0.1, -0.05) is 35.9 Å². The largest absolute Gasteiger partial charge is 0.467 e. The average molecular weight is 355 g/mol. The van der Waals surface area contributed by atoms with E-state index in [9.17, 15) is 4.79 Å². The minimum atomic E-state index is -0.604. The number of carbonyl (C=O) groups excluding carboxylic acids is 1. The second-order valence-electron chi connectivity index (χ2n) is 4.14. The van der Waals surface area contributed by atoms with Gasteiger partial charge in [-0.05, 0) is 45.8 Å². The van der Waals surface area contributed by atoms with E-state index in [1.54, 1.807) is 12.1 Å². The summed E-state index contributed by atoms with van der Waals surface area (Å²) in [5.41, 5.74) is 1.58. The third kappa shape index (κ3) is 3.52. The van der Waals surface area contributed by atoms with Gasteiger partial charge in [0.15, 0.2) is 6.04 Å². The number of hydrogen-bond acceptors (Lipinski definition) is 3. The minimum absolute atomic E-state index is 0.368. The van der Waals surface area contributed by atoms with Crippen LogP contribution in [0.2, 0.25) is 5.02 Å². The standard InChI is InChI=1S/C15H13BrClNO2/c1-20-15(19)14(18-11-5-3-2-4-6-11)10-7-8-12(16)13(17)9-10/h2-9,14,18H,1H3. The van der Waals surface area contributed by atoms with E-state index in [-0.39, 0.29) is 5.97 Å². The van der Waals surface area contributed by atoms with Crippen LogP contribution < -0.4 is 5.32 Å². The van der Waals surface area contributed by atoms with Gasteiger partial charge in [0.2, 0.25) is 0 Å². The number of anilines is 1. The Kier molecular flexibility index (Phi) is 5.04. The summed E-state index contributed by atoms with van der Waals surface area (Å²) < 4.78 is 5.64. The first-order chi connectivity index (χ1) is 9.61. The highest BCUT2D eigenvalue weighted by Gasteiger charge is 2.21. The Hall–Kier alpha value is -1.52. The Morgan fingerprint density at radius 1 is 1.25 bits per heavy atom. The lowest BCUT2D eigenvalue weighted by atomic mass is 10.1. The molecule has 0 saturated carbocycles. The molecule has 0 aromatic heterocycles. The van der Waals surface area contributed by atoms with Crippen LogP contribution in [0.4, 0.5) is 5.69 Å². The van der Waals surface area contributed by atoms with Crippen LogP contribution in [0.3, 0.4) is 0 Å². The summed E-state index contributed by atoms with van der Waals surface area (Å²) in [6.07, 6.45) is 0. The fraction of sp³-hybridized carbons (Fsp3) is 0.133. The summed E-state index contributed by atoms with van der Waals surface area (Å²) in [5, 5.41) is 3.69. The number of methoxy groups -OCH3 is 1. The summed E-state index contributed by atoms with van der Waals surface area (Å²) >= 11 is 9.41. The monoisotopic (exact) mass is 353 g/mol. The topological polar surface area (TPSA) is 38.3 Å². The van der Waals surface area contributed by atoms with E-state index in [1.165, 1.54) is 7.11 Å². The number of esters is 1. The van der Waals surface area contributed by atoms with Crippen molar-refractivity contribution in [3.8, 4) is 0 Å². The van der Waals surface area contributed by atoms with Gasteiger partial charge in [0.1, 0.15) is 0 Å². The van der Waals surface area contributed by atoms with Gasteiger partial charge in [0.25, 0.3) is 0 Å². The molecule has 2 aromatic rings. The average Bonchev–Trinajstić information content (AvgIpc) is 2.48. The summed E-state index contributed by atoms with van der Waals surface area (Å²) in [7, 11) is 1.36. The maximum atomic E-state index is 12.0. The van der Waals surface area contributed by atoms with Crippen LogP contribution in [-0.4, -0.2) is 13.1 Å². The van der Waals surface area contributed by atoms with E-state index in [2.05, 4.69) is 21.2 Å². The summed E-state index contributed by atoms with van der Waals surface area (Å²) in [5.74, 6) is -0.368. The molecule has 104 valence electrons. The maximum absolute atomic E-state index is 12.0. The van der Waals surface area contributed by atoms with E-state index in [0.717, 1.165) is 15.7 Å². The fourth-order valence-corrected chi connectivity index (χ4v) is 2.22. The van der Waals surface area contributed by atoms with Crippen LogP contribution in [0.25, 0.3) is 0 Å². The third-order valence-electron chi connectivity index (χ3n) is 2.80. The zero-order valence-corrected chi connectivity index (χ0v) is 13.1. The van der Waals surface area contributed by atoms with Crippen LogP contribution in [0, 0.1) is 0 Å². The molecule has 1 N–H and O–H groups in total. The highest BCUT2D eigenvalue weighted by molar-refractivity contribution is 9.10. The van der Waals surface area contributed by atoms with Gasteiger partial charge in [-0.15, -0.1) is 0 Å². The molecule has 0 aliphatic rings. The highest BCUT2D eigenvalue weighted by atomic mass is 79.9. The smallest absolute Gasteiger partial charge is 0.332 e. The maximum Gasteiger partial charge on any atom is 0.332 e. The van der Waals surface area contributed by atoms with Crippen molar-refractivity contribution in [2.75, 3.05) is 12.4 Å². The molecule has 0 aliphatic heterocycles. The molecule has 0 amide bonds. The fourth-order valence-electron chi connectivity index (χ4n) is 1.79. The number of rotatable bonds is 4. The number of benzene rings is 2. The highest BCUT2D eigenvalue weighted by Crippen LogP contribution is 2.28. The van der Waals surface area contributed by atoms with Crippen molar-refractivity contribution in [2.45, 2.75) is 6.04 Å². The van der Waals surface area contributed by atoms with Crippen molar-refractivity contribution in [1.82, 2.24) is 0 Å². The molecule has 1 unspecified atom stereocenters. The van der Waals surface area contributed by atoms with Gasteiger partial charge in [0, 0.05) is 10.2 Å².